The van der Waals surface area contributed by atoms with Gasteiger partial charge in [-0.15, -0.1) is 0 Å². The van der Waals surface area contributed by atoms with Gasteiger partial charge in [0.2, 0.25) is 0 Å². The Labute approximate surface area is 108 Å². The van der Waals surface area contributed by atoms with E-state index in [1.807, 2.05) is 0 Å². The minimum absolute atomic E-state index is 0.279. The van der Waals surface area contributed by atoms with Crippen LogP contribution in [-0.2, 0) is 18.4 Å². The molecule has 8 nitrogen and oxygen atoms in total. The van der Waals surface area contributed by atoms with Gasteiger partial charge >= 0.3 is 5.97 Å². The molecule has 0 aliphatic carbocycles. The number of aromatic nitrogens is 4. The molecule has 0 fully saturated rings. The molecule has 2 aromatic heterocycles. The number of carbonyl (C=O) groups is 2. The van der Waals surface area contributed by atoms with Crippen molar-refractivity contribution in [1.82, 2.24) is 19.6 Å². The zero-order chi connectivity index (χ0) is 14.0. The Hall–Kier alpha value is -2.64. The molecule has 0 atom stereocenters. The van der Waals surface area contributed by atoms with Crippen molar-refractivity contribution >= 4 is 17.6 Å². The minimum atomic E-state index is -1.02. The van der Waals surface area contributed by atoms with Crippen LogP contribution in [0, 0.1) is 6.92 Å². The van der Waals surface area contributed by atoms with Crippen LogP contribution in [0.1, 0.15) is 16.1 Å². The summed E-state index contributed by atoms with van der Waals surface area (Å²) in [6.07, 6.45) is 4.40. The molecule has 0 spiro atoms. The predicted molar refractivity (Wildman–Crippen MR) is 65.8 cm³/mol. The number of amides is 1. The summed E-state index contributed by atoms with van der Waals surface area (Å²) >= 11 is 0. The van der Waals surface area contributed by atoms with Crippen LogP contribution in [0.4, 0.5) is 5.69 Å². The molecular weight excluding hydrogens is 250 g/mol. The number of carbonyl (C=O) groups excluding carboxylic acids is 1. The lowest BCUT2D eigenvalue weighted by Gasteiger charge is -2.00. The molecule has 0 unspecified atom stereocenters. The number of hydrogen-bond donors (Lipinski definition) is 2. The van der Waals surface area contributed by atoms with Crippen LogP contribution in [0.3, 0.4) is 0 Å². The number of rotatable bonds is 4. The lowest BCUT2D eigenvalue weighted by molar-refractivity contribution is -0.137. The van der Waals surface area contributed by atoms with Gasteiger partial charge in [-0.05, 0) is 6.92 Å². The largest absolute Gasteiger partial charge is 0.480 e. The van der Waals surface area contributed by atoms with E-state index in [-0.39, 0.29) is 12.5 Å². The van der Waals surface area contributed by atoms with Gasteiger partial charge in [0, 0.05) is 19.4 Å². The zero-order valence-corrected chi connectivity index (χ0v) is 10.5. The first-order chi connectivity index (χ1) is 8.95. The number of hydrogen-bond acceptors (Lipinski definition) is 4. The van der Waals surface area contributed by atoms with E-state index in [9.17, 15) is 9.59 Å². The molecule has 100 valence electrons. The monoisotopic (exact) mass is 263 g/mol. The number of aliphatic carboxylic acids is 1. The van der Waals surface area contributed by atoms with Crippen LogP contribution in [0.2, 0.25) is 0 Å². The molecule has 0 aliphatic heterocycles. The standard InChI is InChI=1S/C11H13N5O3/c1-7-9(5-15(2)14-7)13-11(19)8-3-12-16(4-8)6-10(17)18/h3-5H,6H2,1-2H3,(H,13,19)(H,17,18). The van der Waals surface area contributed by atoms with E-state index < -0.39 is 5.97 Å². The predicted octanol–water partition coefficient (Wildman–Crippen LogP) is 0.262. The fraction of sp³-hybridized carbons (Fsp3) is 0.273. The number of carboxylic acids is 1. The number of anilines is 1. The first kappa shape index (κ1) is 12.8. The SMILES string of the molecule is Cc1nn(C)cc1NC(=O)c1cnn(CC(=O)O)c1. The van der Waals surface area contributed by atoms with Gasteiger partial charge in [-0.25, -0.2) is 0 Å². The summed E-state index contributed by atoms with van der Waals surface area (Å²) in [6.45, 7) is 1.50. The van der Waals surface area contributed by atoms with E-state index in [1.165, 1.54) is 17.1 Å². The summed E-state index contributed by atoms with van der Waals surface area (Å²) in [5.41, 5.74) is 1.61. The Morgan fingerprint density at radius 3 is 2.74 bits per heavy atom. The Balaban J connectivity index is 2.09. The van der Waals surface area contributed by atoms with E-state index >= 15 is 0 Å². The molecule has 19 heavy (non-hydrogen) atoms. The molecule has 0 aromatic carbocycles. The topological polar surface area (TPSA) is 102 Å². The number of carboxylic acid groups (broad SMARTS) is 1. The van der Waals surface area contributed by atoms with Crippen LogP contribution in [0.15, 0.2) is 18.6 Å². The van der Waals surface area contributed by atoms with Crippen molar-refractivity contribution in [3.8, 4) is 0 Å². The molecule has 0 radical (unpaired) electrons. The normalized spacial score (nSPS) is 10.4. The molecule has 0 aliphatic rings. The highest BCUT2D eigenvalue weighted by Gasteiger charge is 2.12. The summed E-state index contributed by atoms with van der Waals surface area (Å²) in [6, 6.07) is 0. The second-order valence-corrected chi connectivity index (χ2v) is 4.08. The average molecular weight is 263 g/mol. The first-order valence-electron chi connectivity index (χ1n) is 5.51. The van der Waals surface area contributed by atoms with Crippen molar-refractivity contribution in [3.05, 3.63) is 29.8 Å². The van der Waals surface area contributed by atoms with Crippen LogP contribution in [0.25, 0.3) is 0 Å². The molecule has 0 saturated heterocycles. The molecule has 0 saturated carbocycles. The van der Waals surface area contributed by atoms with Gasteiger partial charge in [-0.2, -0.15) is 10.2 Å². The van der Waals surface area contributed by atoms with Gasteiger partial charge in [0.15, 0.2) is 0 Å². The van der Waals surface area contributed by atoms with E-state index in [0.717, 1.165) is 0 Å². The summed E-state index contributed by atoms with van der Waals surface area (Å²) < 4.78 is 2.78. The minimum Gasteiger partial charge on any atom is -0.480 e. The molecule has 0 bridgehead atoms. The quantitative estimate of drug-likeness (QED) is 0.823. The fourth-order valence-electron chi connectivity index (χ4n) is 1.62. The molecule has 2 N–H and O–H groups in total. The first-order valence-corrected chi connectivity index (χ1v) is 5.51. The maximum atomic E-state index is 11.9. The van der Waals surface area contributed by atoms with Crippen molar-refractivity contribution in [3.63, 3.8) is 0 Å². The Morgan fingerprint density at radius 1 is 1.42 bits per heavy atom. The third kappa shape index (κ3) is 2.97. The van der Waals surface area contributed by atoms with Gasteiger partial charge in [-0.1, -0.05) is 0 Å². The lowest BCUT2D eigenvalue weighted by atomic mass is 10.3. The average Bonchev–Trinajstić information content (AvgIpc) is 2.86. The Kier molecular flexibility index (Phi) is 3.32. The van der Waals surface area contributed by atoms with Gasteiger partial charge in [-0.3, -0.25) is 19.0 Å². The smallest absolute Gasteiger partial charge is 0.325 e. The zero-order valence-electron chi connectivity index (χ0n) is 10.5. The molecule has 2 rings (SSSR count). The highest BCUT2D eigenvalue weighted by Crippen LogP contribution is 2.12. The second-order valence-electron chi connectivity index (χ2n) is 4.08. The highest BCUT2D eigenvalue weighted by atomic mass is 16.4. The summed E-state index contributed by atoms with van der Waals surface area (Å²) in [7, 11) is 1.76. The van der Waals surface area contributed by atoms with Gasteiger partial charge in [0.1, 0.15) is 6.54 Å². The summed E-state index contributed by atoms with van der Waals surface area (Å²) in [5.74, 6) is -1.37. The van der Waals surface area contributed by atoms with Crippen molar-refractivity contribution in [1.29, 1.82) is 0 Å². The van der Waals surface area contributed by atoms with Crippen molar-refractivity contribution in [2.45, 2.75) is 13.5 Å². The van der Waals surface area contributed by atoms with Crippen molar-refractivity contribution in [2.75, 3.05) is 5.32 Å². The highest BCUT2D eigenvalue weighted by molar-refractivity contribution is 6.04. The van der Waals surface area contributed by atoms with E-state index in [2.05, 4.69) is 15.5 Å². The number of nitrogens with zero attached hydrogens (tertiary/aromatic N) is 4. The maximum absolute atomic E-state index is 11.9. The molecular formula is C11H13N5O3. The Morgan fingerprint density at radius 2 is 2.16 bits per heavy atom. The number of aryl methyl sites for hydroxylation is 2. The van der Waals surface area contributed by atoms with Crippen LogP contribution < -0.4 is 5.32 Å². The van der Waals surface area contributed by atoms with Crippen LogP contribution >= 0.6 is 0 Å². The summed E-state index contributed by atoms with van der Waals surface area (Å²) in [5, 5.41) is 19.2. The third-order valence-electron chi connectivity index (χ3n) is 2.45. The van der Waals surface area contributed by atoms with Crippen molar-refractivity contribution < 1.29 is 14.7 Å². The van der Waals surface area contributed by atoms with Crippen LogP contribution in [0.5, 0.6) is 0 Å². The summed E-state index contributed by atoms with van der Waals surface area (Å²) in [4.78, 5) is 22.4. The lowest BCUT2D eigenvalue weighted by Crippen LogP contribution is -2.12. The third-order valence-corrected chi connectivity index (χ3v) is 2.45. The fourth-order valence-corrected chi connectivity index (χ4v) is 1.62. The van der Waals surface area contributed by atoms with Crippen molar-refractivity contribution in [2.24, 2.45) is 7.05 Å². The van der Waals surface area contributed by atoms with Gasteiger partial charge in [0.05, 0.1) is 23.1 Å². The Bertz CT molecular complexity index is 628. The second kappa shape index (κ2) is 4.92. The molecule has 2 aromatic rings. The van der Waals surface area contributed by atoms with Crippen LogP contribution in [-0.4, -0.2) is 36.5 Å². The van der Waals surface area contributed by atoms with Gasteiger partial charge in [0.25, 0.3) is 5.91 Å². The van der Waals surface area contributed by atoms with E-state index in [1.54, 1.807) is 24.9 Å². The van der Waals surface area contributed by atoms with E-state index in [0.29, 0.717) is 16.9 Å². The van der Waals surface area contributed by atoms with E-state index in [4.69, 9.17) is 5.11 Å². The molecule has 2 heterocycles. The maximum Gasteiger partial charge on any atom is 0.325 e. The molecule has 1 amide bonds. The number of nitrogens with one attached hydrogen (secondary N) is 1. The van der Waals surface area contributed by atoms with Gasteiger partial charge < -0.3 is 10.4 Å². The molecule has 8 heteroatoms.